The van der Waals surface area contributed by atoms with Gasteiger partial charge in [0.05, 0.1) is 39.2 Å². The van der Waals surface area contributed by atoms with Crippen LogP contribution in [0.4, 0.5) is 11.5 Å². The Morgan fingerprint density at radius 1 is 0.517 bits per heavy atom. The lowest BCUT2D eigenvalue weighted by Gasteiger charge is -2.20. The second-order valence-electron chi connectivity index (χ2n) is 13.9. The van der Waals surface area contributed by atoms with Crippen LogP contribution in [-0.2, 0) is 0 Å². The molecule has 270 valence electrons. The fourth-order valence-corrected chi connectivity index (χ4v) is 7.96. The number of carbonyl (C=O) groups is 2. The summed E-state index contributed by atoms with van der Waals surface area (Å²) in [7, 11) is 0. The van der Waals surface area contributed by atoms with Crippen molar-refractivity contribution in [1.82, 2.24) is 14.5 Å². The smallest absolute Gasteiger partial charge is 0.270 e. The number of pyridine rings is 2. The van der Waals surface area contributed by atoms with Gasteiger partial charge in [0, 0.05) is 27.5 Å². The molecule has 0 saturated heterocycles. The number of benzene rings is 6. The van der Waals surface area contributed by atoms with E-state index in [1.54, 1.807) is 24.3 Å². The maximum absolute atomic E-state index is 15.1. The first-order valence-corrected chi connectivity index (χ1v) is 18.6. The van der Waals surface area contributed by atoms with Crippen molar-refractivity contribution in [3.63, 3.8) is 0 Å². The lowest BCUT2D eigenvalue weighted by Crippen LogP contribution is -2.30. The molecule has 58 heavy (non-hydrogen) atoms. The van der Waals surface area contributed by atoms with Gasteiger partial charge < -0.3 is 9.41 Å². The molecule has 8 nitrogen and oxygen atoms in total. The first kappa shape index (κ1) is 34.1. The van der Waals surface area contributed by atoms with Crippen molar-refractivity contribution in [1.29, 1.82) is 5.26 Å². The van der Waals surface area contributed by atoms with Gasteiger partial charge in [0.25, 0.3) is 17.6 Å². The summed E-state index contributed by atoms with van der Waals surface area (Å²) in [5.74, 6) is -0.560. The van der Waals surface area contributed by atoms with Gasteiger partial charge in [-0.05, 0) is 83.4 Å². The molecule has 0 unspecified atom stereocenters. The van der Waals surface area contributed by atoms with Crippen molar-refractivity contribution >= 4 is 45.1 Å². The molecule has 0 radical (unpaired) electrons. The Kier molecular flexibility index (Phi) is 8.04. The lowest BCUT2D eigenvalue weighted by atomic mass is 9.97. The molecule has 0 saturated carbocycles. The van der Waals surface area contributed by atoms with E-state index in [0.29, 0.717) is 34.0 Å². The van der Waals surface area contributed by atoms with Gasteiger partial charge in [-0.25, -0.2) is 9.88 Å². The zero-order chi connectivity index (χ0) is 39.3. The molecule has 8 heteroatoms. The van der Waals surface area contributed by atoms with Gasteiger partial charge in [-0.15, -0.1) is 4.98 Å². The van der Waals surface area contributed by atoms with E-state index in [1.807, 2.05) is 150 Å². The van der Waals surface area contributed by atoms with Gasteiger partial charge >= 0.3 is 0 Å². The second kappa shape index (κ2) is 13.7. The molecule has 0 aliphatic carbocycles. The summed E-state index contributed by atoms with van der Waals surface area (Å²) in [6.07, 6.45) is 0. The van der Waals surface area contributed by atoms with Crippen LogP contribution >= 0.6 is 0 Å². The molecule has 1 aliphatic heterocycles. The van der Waals surface area contributed by atoms with E-state index in [4.69, 9.17) is 6.57 Å². The monoisotopic (exact) mass is 744 g/mol. The summed E-state index contributed by atoms with van der Waals surface area (Å²) >= 11 is 0. The zero-order valence-electron chi connectivity index (χ0n) is 30.7. The quantitative estimate of drug-likeness (QED) is 0.125. The van der Waals surface area contributed by atoms with E-state index in [1.165, 1.54) is 4.90 Å². The number of fused-ring (bicyclic) bond motifs is 4. The first-order chi connectivity index (χ1) is 28.5. The molecule has 1 aliphatic rings. The highest BCUT2D eigenvalue weighted by molar-refractivity contribution is 6.36. The SMILES string of the molecule is [C-]#[N+]c1cccc(-c2ccc3c4ccc(-c5cccc(C#N)n5)cc4n(-c4cccc5c4C(=O)N(c4ccc(-c6ccccc6)cc4-c4ccccc4)C5=O)c3c2)n1. The summed E-state index contributed by atoms with van der Waals surface area (Å²) in [6.45, 7) is 7.54. The molecule has 0 spiro atoms. The highest BCUT2D eigenvalue weighted by Crippen LogP contribution is 2.43. The number of imide groups is 1. The number of nitrogens with zero attached hydrogens (tertiary/aromatic N) is 6. The standard InChI is InChI=1S/C50H28N6O2/c1-52-47-20-10-18-42(54-47)35-22-25-38-37-24-21-34(41-17-8-15-36(30-51)53-41)28-45(37)55(46(38)29-35)44-19-9-16-39-48(44)50(58)56(49(39)57)43-26-23-33(31-11-4-2-5-12-31)27-40(43)32-13-6-3-7-14-32/h2-29H. The minimum Gasteiger partial charge on any atom is -0.361 e. The van der Waals surface area contributed by atoms with Crippen LogP contribution in [0.3, 0.4) is 0 Å². The maximum Gasteiger partial charge on any atom is 0.270 e. The number of anilines is 1. The number of rotatable bonds is 6. The van der Waals surface area contributed by atoms with Gasteiger partial charge in [-0.2, -0.15) is 5.26 Å². The molecule has 0 bridgehead atoms. The van der Waals surface area contributed by atoms with E-state index in [0.717, 1.165) is 55.2 Å². The summed E-state index contributed by atoms with van der Waals surface area (Å²) in [5, 5.41) is 11.4. The topological polar surface area (TPSA) is 96.2 Å². The summed E-state index contributed by atoms with van der Waals surface area (Å²) < 4.78 is 2.02. The molecule has 10 rings (SSSR count). The Balaban J connectivity index is 1.20. The fraction of sp³-hybridized carbons (Fsp3) is 0. The minimum absolute atomic E-state index is 0.283. The van der Waals surface area contributed by atoms with E-state index in [2.05, 4.69) is 20.9 Å². The van der Waals surface area contributed by atoms with Gasteiger partial charge in [0.1, 0.15) is 11.8 Å². The largest absolute Gasteiger partial charge is 0.361 e. The third-order valence-electron chi connectivity index (χ3n) is 10.6. The van der Waals surface area contributed by atoms with Gasteiger partial charge in [0.2, 0.25) is 0 Å². The first-order valence-electron chi connectivity index (χ1n) is 18.6. The van der Waals surface area contributed by atoms with Crippen molar-refractivity contribution in [3.05, 3.63) is 198 Å². The van der Waals surface area contributed by atoms with E-state index >= 15 is 4.79 Å². The molecular weight excluding hydrogens is 717 g/mol. The van der Waals surface area contributed by atoms with Crippen molar-refractivity contribution in [2.24, 2.45) is 0 Å². The normalized spacial score (nSPS) is 12.1. The second-order valence-corrected chi connectivity index (χ2v) is 13.9. The molecule has 0 N–H and O–H groups in total. The van der Waals surface area contributed by atoms with Gasteiger partial charge in [-0.1, -0.05) is 110 Å². The predicted octanol–water partition coefficient (Wildman–Crippen LogP) is 11.5. The molecule has 4 heterocycles. The molecule has 0 fully saturated rings. The molecule has 0 atom stereocenters. The predicted molar refractivity (Wildman–Crippen MR) is 227 cm³/mol. The Morgan fingerprint density at radius 3 is 1.81 bits per heavy atom. The van der Waals surface area contributed by atoms with Crippen molar-refractivity contribution in [2.45, 2.75) is 0 Å². The highest BCUT2D eigenvalue weighted by Gasteiger charge is 2.40. The van der Waals surface area contributed by atoms with E-state index in [9.17, 15) is 10.1 Å². The number of aromatic nitrogens is 3. The molecule has 6 aromatic carbocycles. The average molecular weight is 745 g/mol. The Labute approximate surface area is 333 Å². The van der Waals surface area contributed by atoms with Crippen molar-refractivity contribution in [3.8, 4) is 56.5 Å². The minimum atomic E-state index is -0.433. The summed E-state index contributed by atoms with van der Waals surface area (Å²) in [4.78, 5) is 43.7. The number of amides is 2. The van der Waals surface area contributed by atoms with Crippen molar-refractivity contribution < 1.29 is 9.59 Å². The highest BCUT2D eigenvalue weighted by atomic mass is 16.2. The maximum atomic E-state index is 15.1. The third kappa shape index (κ3) is 5.52. The van der Waals surface area contributed by atoms with Crippen LogP contribution in [0.25, 0.3) is 77.1 Å². The molecule has 9 aromatic rings. The van der Waals surface area contributed by atoms with Gasteiger partial charge in [-0.3, -0.25) is 9.59 Å². The average Bonchev–Trinajstić information content (AvgIpc) is 3.75. The number of carbonyl (C=O) groups excluding carboxylic acids is 2. The van der Waals surface area contributed by atoms with Crippen LogP contribution in [-0.4, -0.2) is 26.3 Å². The van der Waals surface area contributed by atoms with Crippen LogP contribution in [0.5, 0.6) is 0 Å². The molecule has 3 aromatic heterocycles. The summed E-state index contributed by atoms with van der Waals surface area (Å²) in [5.41, 5.74) is 9.90. The van der Waals surface area contributed by atoms with Crippen LogP contribution in [0.2, 0.25) is 0 Å². The molecule has 2 amide bonds. The van der Waals surface area contributed by atoms with E-state index in [-0.39, 0.29) is 11.4 Å². The van der Waals surface area contributed by atoms with E-state index < -0.39 is 11.8 Å². The Morgan fingerprint density at radius 2 is 1.14 bits per heavy atom. The van der Waals surface area contributed by atoms with Gasteiger partial charge in [0.15, 0.2) is 5.69 Å². The summed E-state index contributed by atoms with van der Waals surface area (Å²) in [6, 6.07) is 55.8. The fourth-order valence-electron chi connectivity index (χ4n) is 7.96. The van der Waals surface area contributed by atoms with Crippen molar-refractivity contribution in [2.75, 3.05) is 4.90 Å². The van der Waals surface area contributed by atoms with Crippen LogP contribution in [0.1, 0.15) is 26.4 Å². The van der Waals surface area contributed by atoms with Crippen LogP contribution in [0, 0.1) is 17.9 Å². The number of hydrogen-bond donors (Lipinski definition) is 0. The zero-order valence-corrected chi connectivity index (χ0v) is 30.7. The third-order valence-corrected chi connectivity index (χ3v) is 10.6. The Bertz CT molecular complexity index is 3130. The van der Waals surface area contributed by atoms with Crippen LogP contribution in [0.15, 0.2) is 170 Å². The lowest BCUT2D eigenvalue weighted by molar-refractivity contribution is 0.0926. The molecular formula is C50H28N6O2. The number of hydrogen-bond acceptors (Lipinski definition) is 5. The Hall–Kier alpha value is -8.46. The number of nitriles is 1. The van der Waals surface area contributed by atoms with Crippen LogP contribution < -0.4 is 4.90 Å².